The van der Waals surface area contributed by atoms with Crippen molar-refractivity contribution in [1.82, 2.24) is 20.0 Å². The first kappa shape index (κ1) is 19.3. The first-order valence-electron chi connectivity index (χ1n) is 12.2. The van der Waals surface area contributed by atoms with Crippen LogP contribution < -0.4 is 0 Å². The minimum Gasteiger partial charge on any atom is -0.374 e. The minimum atomic E-state index is 0.163. The fraction of sp³-hybridized carbons (Fsp3) is 0.640. The lowest BCUT2D eigenvalue weighted by Gasteiger charge is -2.39. The van der Waals surface area contributed by atoms with Crippen LogP contribution in [0.2, 0.25) is 0 Å². The van der Waals surface area contributed by atoms with Gasteiger partial charge in [-0.2, -0.15) is 5.10 Å². The third kappa shape index (κ3) is 3.64. The standard InChI is InChI=1S/C25H33N5O/c31-25(30(19-6-7-19)20-8-9-23-18(13-20)15-27-28-23)22-4-1-5-24-21(22)10-12-29(24)16-17-3-2-11-26-14-17/h2-3,5,11,15,17,19-22H,1,4,6-10,12-14,16H2,(H,27,28). The summed E-state index contributed by atoms with van der Waals surface area (Å²) >= 11 is 0. The molecule has 3 heterocycles. The van der Waals surface area contributed by atoms with Gasteiger partial charge in [-0.3, -0.25) is 14.9 Å². The summed E-state index contributed by atoms with van der Waals surface area (Å²) in [4.78, 5) is 23.3. The molecule has 1 saturated carbocycles. The maximum absolute atomic E-state index is 14.0. The Morgan fingerprint density at radius 3 is 2.97 bits per heavy atom. The van der Waals surface area contributed by atoms with E-state index in [1.807, 2.05) is 12.4 Å². The molecule has 31 heavy (non-hydrogen) atoms. The second kappa shape index (κ2) is 7.95. The van der Waals surface area contributed by atoms with Gasteiger partial charge in [-0.25, -0.2) is 0 Å². The van der Waals surface area contributed by atoms with Gasteiger partial charge in [0.05, 0.1) is 6.20 Å². The van der Waals surface area contributed by atoms with E-state index in [9.17, 15) is 4.79 Å². The number of nitrogens with one attached hydrogen (secondary N) is 1. The number of carbonyl (C=O) groups is 1. The topological polar surface area (TPSA) is 64.6 Å². The predicted octanol–water partition coefficient (Wildman–Crippen LogP) is 3.13. The molecule has 4 atom stereocenters. The number of nitrogens with zero attached hydrogens (tertiary/aromatic N) is 4. The van der Waals surface area contributed by atoms with E-state index in [-0.39, 0.29) is 5.92 Å². The summed E-state index contributed by atoms with van der Waals surface area (Å²) in [6.45, 7) is 3.01. The molecule has 2 aliphatic heterocycles. The van der Waals surface area contributed by atoms with Crippen molar-refractivity contribution in [2.24, 2.45) is 22.7 Å². The molecule has 0 aromatic carbocycles. The van der Waals surface area contributed by atoms with Crippen LogP contribution in [0.5, 0.6) is 0 Å². The molecular formula is C25H33N5O. The van der Waals surface area contributed by atoms with Gasteiger partial charge in [0.1, 0.15) is 0 Å². The smallest absolute Gasteiger partial charge is 0.226 e. The summed E-state index contributed by atoms with van der Waals surface area (Å²) in [5.41, 5.74) is 4.04. The predicted molar refractivity (Wildman–Crippen MR) is 121 cm³/mol. The van der Waals surface area contributed by atoms with E-state index < -0.39 is 0 Å². The van der Waals surface area contributed by atoms with Gasteiger partial charge in [-0.15, -0.1) is 0 Å². The SMILES string of the molecule is O=C(C1CCC=C2C1CCN2CC1C=CC=NC1)N(C1CC1)C1CCc2[nH]ncc2C1. The molecule has 3 aliphatic carbocycles. The lowest BCUT2D eigenvalue weighted by molar-refractivity contribution is -0.140. The Balaban J connectivity index is 1.17. The Morgan fingerprint density at radius 1 is 1.19 bits per heavy atom. The van der Waals surface area contributed by atoms with Crippen molar-refractivity contribution in [1.29, 1.82) is 0 Å². The third-order valence-electron chi connectivity index (χ3n) is 8.04. The fourth-order valence-corrected chi connectivity index (χ4v) is 6.36. The van der Waals surface area contributed by atoms with Crippen molar-refractivity contribution >= 4 is 12.1 Å². The number of amides is 1. The van der Waals surface area contributed by atoms with Gasteiger partial charge in [0.25, 0.3) is 0 Å². The lowest BCUT2D eigenvalue weighted by Crippen LogP contribution is -2.49. The molecule has 1 aromatic rings. The Hall–Kier alpha value is -2.37. The largest absolute Gasteiger partial charge is 0.374 e. The summed E-state index contributed by atoms with van der Waals surface area (Å²) in [6, 6.07) is 0.824. The number of dihydropyridines is 1. The van der Waals surface area contributed by atoms with E-state index >= 15 is 0 Å². The van der Waals surface area contributed by atoms with Crippen molar-refractivity contribution in [2.45, 2.75) is 63.5 Å². The van der Waals surface area contributed by atoms with E-state index in [1.165, 1.54) is 29.8 Å². The number of aliphatic imine (C=N–C) groups is 1. The summed E-state index contributed by atoms with van der Waals surface area (Å²) in [7, 11) is 0. The molecule has 4 unspecified atom stereocenters. The molecule has 6 nitrogen and oxygen atoms in total. The second-order valence-corrected chi connectivity index (χ2v) is 10.1. The van der Waals surface area contributed by atoms with Crippen LogP contribution in [0.1, 0.15) is 49.8 Å². The van der Waals surface area contributed by atoms with Gasteiger partial charge < -0.3 is 9.80 Å². The molecule has 2 fully saturated rings. The Labute approximate surface area is 184 Å². The molecule has 1 amide bonds. The van der Waals surface area contributed by atoms with Gasteiger partial charge in [0.15, 0.2) is 0 Å². The van der Waals surface area contributed by atoms with Crippen LogP contribution in [0.3, 0.4) is 0 Å². The molecule has 6 rings (SSSR count). The van der Waals surface area contributed by atoms with Gasteiger partial charge >= 0.3 is 0 Å². The highest BCUT2D eigenvalue weighted by Crippen LogP contribution is 2.43. The zero-order chi connectivity index (χ0) is 20.8. The molecule has 0 bridgehead atoms. The average molecular weight is 420 g/mol. The van der Waals surface area contributed by atoms with Crippen LogP contribution in [0.4, 0.5) is 0 Å². The quantitative estimate of drug-likeness (QED) is 0.798. The van der Waals surface area contributed by atoms with E-state index in [4.69, 9.17) is 0 Å². The molecule has 1 N–H and O–H groups in total. The number of likely N-dealkylation sites (tertiary alicyclic amines) is 1. The maximum Gasteiger partial charge on any atom is 0.226 e. The fourth-order valence-electron chi connectivity index (χ4n) is 6.36. The van der Waals surface area contributed by atoms with E-state index in [1.54, 1.807) is 0 Å². The van der Waals surface area contributed by atoms with E-state index in [0.29, 0.717) is 29.8 Å². The lowest BCUT2D eigenvalue weighted by atomic mass is 9.79. The van der Waals surface area contributed by atoms with Gasteiger partial charge in [-0.05, 0) is 63.0 Å². The maximum atomic E-state index is 14.0. The number of hydrogen-bond acceptors (Lipinski definition) is 4. The molecule has 1 aromatic heterocycles. The number of hydrogen-bond donors (Lipinski definition) is 1. The highest BCUT2D eigenvalue weighted by atomic mass is 16.2. The minimum absolute atomic E-state index is 0.163. The highest BCUT2D eigenvalue weighted by Gasteiger charge is 2.46. The molecule has 0 radical (unpaired) electrons. The Morgan fingerprint density at radius 2 is 2.13 bits per heavy atom. The number of allylic oxidation sites excluding steroid dienone is 3. The van der Waals surface area contributed by atoms with Crippen molar-refractivity contribution in [2.75, 3.05) is 19.6 Å². The van der Waals surface area contributed by atoms with Crippen molar-refractivity contribution in [3.63, 3.8) is 0 Å². The number of aromatic nitrogens is 2. The summed E-state index contributed by atoms with van der Waals surface area (Å²) in [5, 5.41) is 7.38. The first-order valence-corrected chi connectivity index (χ1v) is 12.2. The average Bonchev–Trinajstić information content (AvgIpc) is 3.37. The number of carbonyl (C=O) groups excluding carboxylic acids is 1. The molecule has 5 aliphatic rings. The van der Waals surface area contributed by atoms with Crippen LogP contribution in [-0.2, 0) is 17.6 Å². The van der Waals surface area contributed by atoms with Gasteiger partial charge in [0.2, 0.25) is 5.91 Å². The summed E-state index contributed by atoms with van der Waals surface area (Å²) in [5.74, 6) is 1.51. The number of aryl methyl sites for hydroxylation is 1. The van der Waals surface area contributed by atoms with E-state index in [2.05, 4.69) is 43.2 Å². The molecule has 164 valence electrons. The van der Waals surface area contributed by atoms with E-state index in [0.717, 1.165) is 58.2 Å². The molecule has 6 heteroatoms. The molecule has 1 saturated heterocycles. The Kier molecular flexibility index (Phi) is 4.96. The molecule has 0 spiro atoms. The number of fused-ring (bicyclic) bond motifs is 2. The summed E-state index contributed by atoms with van der Waals surface area (Å²) in [6.07, 6.45) is 19.2. The van der Waals surface area contributed by atoms with Gasteiger partial charge in [0, 0.05) is 67.1 Å². The monoisotopic (exact) mass is 419 g/mol. The van der Waals surface area contributed by atoms with Crippen LogP contribution in [0, 0.1) is 17.8 Å². The van der Waals surface area contributed by atoms with Crippen molar-refractivity contribution < 1.29 is 4.79 Å². The second-order valence-electron chi connectivity index (χ2n) is 10.1. The molecular weight excluding hydrogens is 386 g/mol. The summed E-state index contributed by atoms with van der Waals surface area (Å²) < 4.78 is 0. The highest BCUT2D eigenvalue weighted by molar-refractivity contribution is 5.81. The zero-order valence-corrected chi connectivity index (χ0v) is 18.2. The number of aromatic amines is 1. The first-order chi connectivity index (χ1) is 15.3. The number of rotatable bonds is 5. The Bertz CT molecular complexity index is 926. The van der Waals surface area contributed by atoms with Gasteiger partial charge in [-0.1, -0.05) is 12.2 Å². The number of H-pyrrole nitrogens is 1. The normalized spacial score (nSPS) is 31.9. The van der Waals surface area contributed by atoms with Crippen LogP contribution in [-0.4, -0.2) is 63.8 Å². The van der Waals surface area contributed by atoms with Crippen molar-refractivity contribution in [3.8, 4) is 0 Å². The van der Waals surface area contributed by atoms with Crippen LogP contribution in [0.25, 0.3) is 0 Å². The third-order valence-corrected chi connectivity index (χ3v) is 8.04. The van der Waals surface area contributed by atoms with Crippen LogP contribution >= 0.6 is 0 Å². The zero-order valence-electron chi connectivity index (χ0n) is 18.2. The van der Waals surface area contributed by atoms with Crippen LogP contribution in [0.15, 0.2) is 35.1 Å². The van der Waals surface area contributed by atoms with Crippen molar-refractivity contribution in [3.05, 3.63) is 41.4 Å².